The third-order valence-corrected chi connectivity index (χ3v) is 4.29. The molecule has 2 aromatic heterocycles. The minimum atomic E-state index is -4.39. The largest absolute Gasteiger partial charge is 0.443 e. The Hall–Kier alpha value is -0.990. The van der Waals surface area contributed by atoms with Gasteiger partial charge in [0.1, 0.15) is 0 Å². The lowest BCUT2D eigenvalue weighted by Crippen LogP contribution is -2.21. The van der Waals surface area contributed by atoms with Crippen molar-refractivity contribution in [2.45, 2.75) is 26.1 Å². The van der Waals surface area contributed by atoms with Crippen molar-refractivity contribution in [3.05, 3.63) is 32.2 Å². The first-order chi connectivity index (χ1) is 8.91. The van der Waals surface area contributed by atoms with E-state index in [1.807, 2.05) is 19.2 Å². The third kappa shape index (κ3) is 3.31. The van der Waals surface area contributed by atoms with Gasteiger partial charge in [0.2, 0.25) is 0 Å². The zero-order valence-electron chi connectivity index (χ0n) is 10.3. The molecule has 3 nitrogen and oxygen atoms in total. The number of nitrogens with one attached hydrogen (secondary N) is 1. The van der Waals surface area contributed by atoms with E-state index in [2.05, 4.69) is 15.3 Å². The van der Waals surface area contributed by atoms with Crippen LogP contribution in [0.5, 0.6) is 0 Å². The minimum Gasteiger partial charge on any atom is -0.305 e. The Labute approximate surface area is 116 Å². The van der Waals surface area contributed by atoms with Crippen molar-refractivity contribution in [3.63, 3.8) is 0 Å². The van der Waals surface area contributed by atoms with Crippen LogP contribution in [0.3, 0.4) is 0 Å². The topological polar surface area (TPSA) is 37.8 Å². The number of rotatable bonds is 4. The van der Waals surface area contributed by atoms with Gasteiger partial charge < -0.3 is 5.32 Å². The van der Waals surface area contributed by atoms with Crippen LogP contribution in [0.4, 0.5) is 13.2 Å². The van der Waals surface area contributed by atoms with Gasteiger partial charge in [0.05, 0.1) is 16.7 Å². The predicted octanol–water partition coefficient (Wildman–Crippen LogP) is 3.63. The Balaban J connectivity index is 2.32. The molecule has 0 fully saturated rings. The van der Waals surface area contributed by atoms with Crippen LogP contribution in [0.25, 0.3) is 0 Å². The first-order valence-electron chi connectivity index (χ1n) is 5.60. The summed E-state index contributed by atoms with van der Waals surface area (Å²) in [6.07, 6.45) is -3.12. The molecule has 0 amide bonds. The van der Waals surface area contributed by atoms with Crippen LogP contribution in [0.2, 0.25) is 0 Å². The van der Waals surface area contributed by atoms with Crippen LogP contribution < -0.4 is 5.32 Å². The number of hydrogen-bond donors (Lipinski definition) is 1. The van der Waals surface area contributed by atoms with E-state index in [9.17, 15) is 13.2 Å². The highest BCUT2D eigenvalue weighted by Crippen LogP contribution is 2.36. The zero-order chi connectivity index (χ0) is 14.0. The maximum atomic E-state index is 12.6. The molecule has 104 valence electrons. The van der Waals surface area contributed by atoms with Gasteiger partial charge >= 0.3 is 6.18 Å². The Morgan fingerprint density at radius 3 is 2.63 bits per heavy atom. The number of halogens is 3. The van der Waals surface area contributed by atoms with Crippen molar-refractivity contribution in [3.8, 4) is 0 Å². The van der Waals surface area contributed by atoms with E-state index in [-0.39, 0.29) is 6.04 Å². The van der Waals surface area contributed by atoms with E-state index in [1.54, 1.807) is 0 Å². The summed E-state index contributed by atoms with van der Waals surface area (Å²) in [5.74, 6) is 0. The van der Waals surface area contributed by atoms with Crippen LogP contribution in [-0.2, 0) is 6.18 Å². The molecule has 1 N–H and O–H groups in total. The molecule has 1 unspecified atom stereocenters. The highest BCUT2D eigenvalue weighted by molar-refractivity contribution is 7.12. The van der Waals surface area contributed by atoms with Crippen molar-refractivity contribution in [1.29, 1.82) is 0 Å². The molecule has 2 aromatic rings. The van der Waals surface area contributed by atoms with E-state index in [4.69, 9.17) is 0 Å². The standard InChI is InChI=1S/C11H12F3N3S2/c1-3-15-9(7-5-18-6(2)17-7)8-4-16-10(19-8)11(12,13)14/h4-5,9,15H,3H2,1-2H3. The van der Waals surface area contributed by atoms with Gasteiger partial charge in [0.25, 0.3) is 0 Å². The van der Waals surface area contributed by atoms with Gasteiger partial charge in [0.15, 0.2) is 5.01 Å². The molecule has 0 bridgehead atoms. The number of hydrogen-bond acceptors (Lipinski definition) is 5. The molecule has 0 aliphatic rings. The van der Waals surface area contributed by atoms with E-state index in [1.165, 1.54) is 17.5 Å². The first kappa shape index (κ1) is 14.4. The monoisotopic (exact) mass is 307 g/mol. The SMILES string of the molecule is CCNC(c1csc(C)n1)c1cnc(C(F)(F)F)s1. The number of aromatic nitrogens is 2. The summed E-state index contributed by atoms with van der Waals surface area (Å²) in [6.45, 7) is 4.41. The van der Waals surface area contributed by atoms with Gasteiger partial charge in [-0.2, -0.15) is 13.2 Å². The summed E-state index contributed by atoms with van der Waals surface area (Å²) in [5, 5.41) is 5.06. The van der Waals surface area contributed by atoms with Gasteiger partial charge in [-0.05, 0) is 13.5 Å². The fraction of sp³-hybridized carbons (Fsp3) is 0.455. The summed E-state index contributed by atoms with van der Waals surface area (Å²) in [4.78, 5) is 8.31. The quantitative estimate of drug-likeness (QED) is 0.937. The molecule has 0 aromatic carbocycles. The minimum absolute atomic E-state index is 0.330. The first-order valence-corrected chi connectivity index (χ1v) is 7.29. The number of nitrogens with zero attached hydrogens (tertiary/aromatic N) is 2. The normalized spacial score (nSPS) is 13.7. The fourth-order valence-electron chi connectivity index (χ4n) is 1.62. The molecule has 0 saturated heterocycles. The Morgan fingerprint density at radius 2 is 2.16 bits per heavy atom. The van der Waals surface area contributed by atoms with Gasteiger partial charge in [-0.3, -0.25) is 0 Å². The third-order valence-electron chi connectivity index (χ3n) is 2.39. The number of alkyl halides is 3. The van der Waals surface area contributed by atoms with Crippen molar-refractivity contribution in [2.24, 2.45) is 0 Å². The number of thiazole rings is 2. The summed E-state index contributed by atoms with van der Waals surface area (Å²) < 4.78 is 37.7. The Bertz CT molecular complexity index is 547. The second kappa shape index (κ2) is 5.56. The zero-order valence-corrected chi connectivity index (χ0v) is 11.9. The van der Waals surface area contributed by atoms with E-state index in [0.717, 1.165) is 10.7 Å². The molecule has 8 heteroatoms. The summed E-state index contributed by atoms with van der Waals surface area (Å²) in [5.41, 5.74) is 0.738. The predicted molar refractivity (Wildman–Crippen MR) is 69.5 cm³/mol. The second-order valence-electron chi connectivity index (χ2n) is 3.85. The maximum Gasteiger partial charge on any atom is 0.443 e. The highest BCUT2D eigenvalue weighted by Gasteiger charge is 2.35. The van der Waals surface area contributed by atoms with Gasteiger partial charge in [-0.15, -0.1) is 22.7 Å². The van der Waals surface area contributed by atoms with Crippen molar-refractivity contribution in [2.75, 3.05) is 6.54 Å². The van der Waals surface area contributed by atoms with E-state index in [0.29, 0.717) is 22.8 Å². The molecule has 0 aliphatic heterocycles. The maximum absolute atomic E-state index is 12.6. The highest BCUT2D eigenvalue weighted by atomic mass is 32.1. The van der Waals surface area contributed by atoms with Crippen LogP contribution in [0, 0.1) is 6.92 Å². The lowest BCUT2D eigenvalue weighted by Gasteiger charge is -2.13. The molecule has 2 rings (SSSR count). The molecule has 2 heterocycles. The van der Waals surface area contributed by atoms with Crippen molar-refractivity contribution in [1.82, 2.24) is 15.3 Å². The van der Waals surface area contributed by atoms with Crippen LogP contribution in [0.1, 0.15) is 33.6 Å². The molecule has 0 saturated carbocycles. The number of aryl methyl sites for hydroxylation is 1. The van der Waals surface area contributed by atoms with E-state index >= 15 is 0 Å². The smallest absolute Gasteiger partial charge is 0.305 e. The molecule has 0 radical (unpaired) electrons. The van der Waals surface area contributed by atoms with Gasteiger partial charge in [0, 0.05) is 16.5 Å². The summed E-state index contributed by atoms with van der Waals surface area (Å²) >= 11 is 2.13. The molecular weight excluding hydrogens is 295 g/mol. The van der Waals surface area contributed by atoms with Gasteiger partial charge in [-0.1, -0.05) is 6.92 Å². The van der Waals surface area contributed by atoms with E-state index < -0.39 is 11.2 Å². The second-order valence-corrected chi connectivity index (χ2v) is 5.97. The Kier molecular flexibility index (Phi) is 4.22. The molecule has 1 atom stereocenters. The average Bonchev–Trinajstić information content (AvgIpc) is 2.93. The lowest BCUT2D eigenvalue weighted by molar-refractivity contribution is -0.137. The fourth-order valence-corrected chi connectivity index (χ4v) is 3.13. The van der Waals surface area contributed by atoms with Crippen LogP contribution in [-0.4, -0.2) is 16.5 Å². The molecule has 0 spiro atoms. The lowest BCUT2D eigenvalue weighted by atomic mass is 10.2. The molecule has 0 aliphatic carbocycles. The van der Waals surface area contributed by atoms with Gasteiger partial charge in [-0.25, -0.2) is 9.97 Å². The average molecular weight is 307 g/mol. The van der Waals surface area contributed by atoms with Crippen LogP contribution in [0.15, 0.2) is 11.6 Å². The summed E-state index contributed by atoms with van der Waals surface area (Å²) in [6, 6.07) is -0.330. The molecular formula is C11H12F3N3S2. The summed E-state index contributed by atoms with van der Waals surface area (Å²) in [7, 11) is 0. The van der Waals surface area contributed by atoms with Crippen molar-refractivity contribution < 1.29 is 13.2 Å². The van der Waals surface area contributed by atoms with Crippen LogP contribution >= 0.6 is 22.7 Å². The Morgan fingerprint density at radius 1 is 1.42 bits per heavy atom. The van der Waals surface area contributed by atoms with Crippen molar-refractivity contribution >= 4 is 22.7 Å². The molecule has 19 heavy (non-hydrogen) atoms.